The maximum atomic E-state index is 13.6. The lowest BCUT2D eigenvalue weighted by molar-refractivity contribution is 0.0706. The molecule has 2 aromatic heterocycles. The van der Waals surface area contributed by atoms with Crippen LogP contribution in [0.3, 0.4) is 0 Å². The molecule has 0 saturated carbocycles. The number of carbonyl (C=O) groups is 1. The fourth-order valence-corrected chi connectivity index (χ4v) is 4.93. The smallest absolute Gasteiger partial charge is 0.185 e. The van der Waals surface area contributed by atoms with Crippen molar-refractivity contribution in [3.63, 3.8) is 0 Å². The number of nitrogens with zero attached hydrogens (tertiary/aromatic N) is 5. The van der Waals surface area contributed by atoms with Crippen molar-refractivity contribution < 1.29 is 4.79 Å². The number of carbonyl (C=O) groups excluding carboxylic acids is 1. The van der Waals surface area contributed by atoms with E-state index in [-0.39, 0.29) is 17.5 Å². The highest BCUT2D eigenvalue weighted by Gasteiger charge is 2.43. The van der Waals surface area contributed by atoms with Gasteiger partial charge in [-0.15, -0.1) is 0 Å². The van der Waals surface area contributed by atoms with E-state index >= 15 is 0 Å². The number of aliphatic imine (C=N–C) groups is 1. The van der Waals surface area contributed by atoms with Crippen molar-refractivity contribution >= 4 is 28.3 Å². The number of fused-ring (bicyclic) bond motifs is 3. The number of rotatable bonds is 6. The summed E-state index contributed by atoms with van der Waals surface area (Å²) in [6.07, 6.45) is 7.54. The maximum absolute atomic E-state index is 13.6. The first-order valence-electron chi connectivity index (χ1n) is 10.7. The molecule has 4 rings (SSSR count). The predicted molar refractivity (Wildman–Crippen MR) is 120 cm³/mol. The largest absolute Gasteiger partial charge is 0.402 e. The van der Waals surface area contributed by atoms with Gasteiger partial charge in [0, 0.05) is 54.3 Å². The van der Waals surface area contributed by atoms with Gasteiger partial charge in [0.2, 0.25) is 0 Å². The van der Waals surface area contributed by atoms with Crippen molar-refractivity contribution in [3.8, 4) is 6.07 Å². The molecule has 2 bridgehead atoms. The standard InChI is InChI=1S/C23H27N7O/c1-14(25)10-20(26)28-21-13-19-18(4-2-8-27-19)22(29-21)23(31)15-11-16-5-6-17(12-15)30(16)9-3-7-24/h2,4,8,10,13,15-17H,3,5-6,9,11-12,25H2,1H3,(H2,26,28,29)/b14-10-/t15?,16-,17+. The van der Waals surface area contributed by atoms with Gasteiger partial charge in [-0.1, -0.05) is 0 Å². The summed E-state index contributed by atoms with van der Waals surface area (Å²) < 4.78 is 0. The third-order valence-corrected chi connectivity index (χ3v) is 6.18. The number of pyridine rings is 2. The van der Waals surface area contributed by atoms with Crippen molar-refractivity contribution in [2.24, 2.45) is 22.4 Å². The van der Waals surface area contributed by atoms with Gasteiger partial charge in [0.15, 0.2) is 11.6 Å². The number of allylic oxidation sites excluding steroid dienone is 1. The number of ketones is 1. The van der Waals surface area contributed by atoms with Gasteiger partial charge < -0.3 is 11.5 Å². The normalized spacial score (nSPS) is 24.3. The van der Waals surface area contributed by atoms with Crippen LogP contribution < -0.4 is 11.5 Å². The molecular formula is C23H27N7O. The molecule has 0 aromatic carbocycles. The quantitative estimate of drug-likeness (QED) is 0.419. The minimum Gasteiger partial charge on any atom is -0.402 e. The molecule has 4 N–H and O–H groups in total. The second-order valence-electron chi connectivity index (χ2n) is 8.39. The highest BCUT2D eigenvalue weighted by molar-refractivity contribution is 6.07. The molecule has 2 saturated heterocycles. The molecular weight excluding hydrogens is 390 g/mol. The first-order valence-corrected chi connectivity index (χ1v) is 10.7. The van der Waals surface area contributed by atoms with Crippen LogP contribution >= 0.6 is 0 Å². The molecule has 8 nitrogen and oxygen atoms in total. The molecule has 2 fully saturated rings. The molecule has 0 amide bonds. The Morgan fingerprint density at radius 2 is 2.10 bits per heavy atom. The zero-order valence-electron chi connectivity index (χ0n) is 17.7. The Kier molecular flexibility index (Phi) is 5.96. The second-order valence-corrected chi connectivity index (χ2v) is 8.39. The van der Waals surface area contributed by atoms with Crippen molar-refractivity contribution in [1.82, 2.24) is 14.9 Å². The second kappa shape index (κ2) is 8.82. The van der Waals surface area contributed by atoms with E-state index < -0.39 is 0 Å². The summed E-state index contributed by atoms with van der Waals surface area (Å²) in [6.45, 7) is 2.51. The van der Waals surface area contributed by atoms with E-state index in [2.05, 4.69) is 25.9 Å². The number of hydrogen-bond donors (Lipinski definition) is 2. The molecule has 3 atom stereocenters. The van der Waals surface area contributed by atoms with Crippen LogP contribution in [0.5, 0.6) is 0 Å². The van der Waals surface area contributed by atoms with Gasteiger partial charge in [-0.3, -0.25) is 14.7 Å². The SMILES string of the molecule is C/C(N)=C/C(N)=Nc1cc2ncccc2c(C(=O)C2C[C@H]3CC[C@@H](C2)N3CCC#N)n1. The lowest BCUT2D eigenvalue weighted by atomic mass is 9.85. The molecule has 0 spiro atoms. The summed E-state index contributed by atoms with van der Waals surface area (Å²) in [5.41, 5.74) is 13.2. The minimum absolute atomic E-state index is 0.0380. The molecule has 31 heavy (non-hydrogen) atoms. The molecule has 2 aliphatic heterocycles. The molecule has 0 aliphatic carbocycles. The van der Waals surface area contributed by atoms with Crippen molar-refractivity contribution in [2.75, 3.05) is 6.54 Å². The van der Waals surface area contributed by atoms with Crippen LogP contribution in [0.1, 0.15) is 49.5 Å². The average Bonchev–Trinajstić information content (AvgIpc) is 2.97. The Bertz CT molecular complexity index is 1080. The highest BCUT2D eigenvalue weighted by atomic mass is 16.1. The van der Waals surface area contributed by atoms with Crippen LogP contribution in [0.25, 0.3) is 10.9 Å². The number of nitriles is 1. The van der Waals surface area contributed by atoms with Crippen LogP contribution in [0, 0.1) is 17.2 Å². The number of piperidine rings is 1. The third kappa shape index (κ3) is 4.42. The summed E-state index contributed by atoms with van der Waals surface area (Å²) in [6, 6.07) is 8.38. The van der Waals surface area contributed by atoms with Crippen LogP contribution in [-0.2, 0) is 0 Å². The fourth-order valence-electron chi connectivity index (χ4n) is 4.93. The van der Waals surface area contributed by atoms with E-state index in [1.807, 2.05) is 12.1 Å². The van der Waals surface area contributed by atoms with Gasteiger partial charge in [-0.25, -0.2) is 9.98 Å². The summed E-state index contributed by atoms with van der Waals surface area (Å²) in [5, 5.41) is 9.67. The fraction of sp³-hybridized carbons (Fsp3) is 0.435. The zero-order chi connectivity index (χ0) is 22.0. The van der Waals surface area contributed by atoms with Crippen molar-refractivity contribution in [3.05, 3.63) is 41.9 Å². The summed E-state index contributed by atoms with van der Waals surface area (Å²) in [4.78, 5) is 29.3. The Balaban J connectivity index is 1.65. The number of aromatic nitrogens is 2. The molecule has 1 unspecified atom stereocenters. The van der Waals surface area contributed by atoms with Gasteiger partial charge >= 0.3 is 0 Å². The monoisotopic (exact) mass is 417 g/mol. The zero-order valence-corrected chi connectivity index (χ0v) is 17.7. The van der Waals surface area contributed by atoms with E-state index in [0.717, 1.165) is 37.6 Å². The van der Waals surface area contributed by atoms with Crippen LogP contribution in [0.4, 0.5) is 5.82 Å². The van der Waals surface area contributed by atoms with Gasteiger partial charge in [0.05, 0.1) is 11.6 Å². The molecule has 8 heteroatoms. The van der Waals surface area contributed by atoms with E-state index in [1.165, 1.54) is 0 Å². The van der Waals surface area contributed by atoms with Gasteiger partial charge in [0.1, 0.15) is 11.5 Å². The predicted octanol–water partition coefficient (Wildman–Crippen LogP) is 2.82. The first-order chi connectivity index (χ1) is 15.0. The first kappa shape index (κ1) is 20.9. The van der Waals surface area contributed by atoms with E-state index in [1.54, 1.807) is 25.3 Å². The molecule has 2 aliphatic rings. The molecule has 2 aromatic rings. The van der Waals surface area contributed by atoms with Crippen LogP contribution in [0.2, 0.25) is 0 Å². The molecule has 0 radical (unpaired) electrons. The Morgan fingerprint density at radius 3 is 2.77 bits per heavy atom. The Labute approximate surface area is 181 Å². The van der Waals surface area contributed by atoms with E-state index in [4.69, 9.17) is 16.7 Å². The summed E-state index contributed by atoms with van der Waals surface area (Å²) in [7, 11) is 0. The number of nitrogens with two attached hydrogens (primary N) is 2. The Morgan fingerprint density at radius 1 is 1.35 bits per heavy atom. The average molecular weight is 418 g/mol. The summed E-state index contributed by atoms with van der Waals surface area (Å²) >= 11 is 0. The number of Topliss-reactive ketones (excluding diaryl/α,β-unsaturated/α-hetero) is 1. The van der Waals surface area contributed by atoms with Gasteiger partial charge in [-0.05, 0) is 50.8 Å². The Hall–Kier alpha value is -3.31. The minimum atomic E-state index is -0.0884. The van der Waals surface area contributed by atoms with Crippen LogP contribution in [-0.4, -0.2) is 45.1 Å². The molecule has 160 valence electrons. The lowest BCUT2D eigenvalue weighted by Gasteiger charge is -2.38. The van der Waals surface area contributed by atoms with Crippen molar-refractivity contribution in [1.29, 1.82) is 5.26 Å². The number of hydrogen-bond acceptors (Lipinski definition) is 7. The third-order valence-electron chi connectivity index (χ3n) is 6.18. The van der Waals surface area contributed by atoms with E-state index in [9.17, 15) is 4.79 Å². The van der Waals surface area contributed by atoms with Gasteiger partial charge in [-0.2, -0.15) is 5.26 Å². The molecule has 4 heterocycles. The van der Waals surface area contributed by atoms with E-state index in [0.29, 0.717) is 41.2 Å². The number of amidine groups is 1. The lowest BCUT2D eigenvalue weighted by Crippen LogP contribution is -2.45. The van der Waals surface area contributed by atoms with Gasteiger partial charge in [0.25, 0.3) is 0 Å². The maximum Gasteiger partial charge on any atom is 0.185 e. The summed E-state index contributed by atoms with van der Waals surface area (Å²) in [5.74, 6) is 0.523. The van der Waals surface area contributed by atoms with Crippen LogP contribution in [0.15, 0.2) is 41.2 Å². The topological polar surface area (TPSA) is 134 Å². The van der Waals surface area contributed by atoms with Crippen molar-refractivity contribution in [2.45, 2.75) is 51.1 Å². The highest BCUT2D eigenvalue weighted by Crippen LogP contribution is 2.40.